The van der Waals surface area contributed by atoms with Gasteiger partial charge in [0.2, 0.25) is 0 Å². The molecule has 0 aliphatic carbocycles. The smallest absolute Gasteiger partial charge is 0.319 e. The van der Waals surface area contributed by atoms with Gasteiger partial charge in [-0.05, 0) is 49.9 Å². The van der Waals surface area contributed by atoms with E-state index in [1.807, 2.05) is 38.1 Å². The zero-order valence-electron chi connectivity index (χ0n) is 17.3. The Morgan fingerprint density at radius 1 is 1.17 bits per heavy atom. The van der Waals surface area contributed by atoms with Crippen molar-refractivity contribution in [2.75, 3.05) is 5.32 Å². The monoisotopic (exact) mass is 431 g/mol. The van der Waals surface area contributed by atoms with Crippen LogP contribution in [0.1, 0.15) is 41.0 Å². The number of rotatable bonds is 4. The first kappa shape index (κ1) is 21.4. The molecular formula is C22H26ClN3O2S. The summed E-state index contributed by atoms with van der Waals surface area (Å²) in [6.45, 7) is 10.4. The van der Waals surface area contributed by atoms with Crippen molar-refractivity contribution in [3.63, 3.8) is 0 Å². The number of urea groups is 1. The van der Waals surface area contributed by atoms with Crippen LogP contribution in [0.25, 0.3) is 20.8 Å². The van der Waals surface area contributed by atoms with Gasteiger partial charge in [-0.3, -0.25) is 0 Å². The maximum atomic E-state index is 12.6. The number of benzene rings is 2. The molecule has 0 atom stereocenters. The summed E-state index contributed by atoms with van der Waals surface area (Å²) in [7, 11) is 0. The molecule has 5 nitrogen and oxygen atoms in total. The highest BCUT2D eigenvalue weighted by Crippen LogP contribution is 2.41. The Balaban J connectivity index is 1.85. The number of hydrogen-bond donors (Lipinski definition) is 3. The average Bonchev–Trinajstić information content (AvgIpc) is 2.98. The Labute approximate surface area is 180 Å². The highest BCUT2D eigenvalue weighted by Gasteiger charge is 2.27. The number of amides is 2. The van der Waals surface area contributed by atoms with Crippen molar-refractivity contribution in [3.8, 4) is 16.3 Å². The predicted octanol–water partition coefficient (Wildman–Crippen LogP) is 6.66. The first-order chi connectivity index (χ1) is 13.4. The molecule has 2 aromatic carbocycles. The number of halogens is 1. The topological polar surface area (TPSA) is 74.2 Å². The highest BCUT2D eigenvalue weighted by atomic mass is 35.5. The number of anilines is 1. The van der Waals surface area contributed by atoms with E-state index >= 15 is 0 Å². The highest BCUT2D eigenvalue weighted by molar-refractivity contribution is 7.21. The van der Waals surface area contributed by atoms with Crippen LogP contribution in [0.5, 0.6) is 5.75 Å². The van der Waals surface area contributed by atoms with Gasteiger partial charge in [-0.25, -0.2) is 9.78 Å². The minimum Gasteiger partial charge on any atom is -0.506 e. The maximum absolute atomic E-state index is 12.6. The molecule has 0 saturated carbocycles. The SMILES string of the molecule is CC(C)(C)CC(C)(C)NC(=O)Nc1cc(Cl)c(O)c(-c2nc3ccccc3s2)c1. The Morgan fingerprint density at radius 3 is 2.52 bits per heavy atom. The lowest BCUT2D eigenvalue weighted by molar-refractivity contribution is 0.220. The van der Waals surface area contributed by atoms with Crippen molar-refractivity contribution >= 4 is 44.9 Å². The Hall–Kier alpha value is -2.31. The van der Waals surface area contributed by atoms with Crippen LogP contribution in [0, 0.1) is 5.41 Å². The minimum atomic E-state index is -0.376. The zero-order chi connectivity index (χ0) is 21.4. The van der Waals surface area contributed by atoms with E-state index in [0.29, 0.717) is 16.3 Å². The van der Waals surface area contributed by atoms with Gasteiger partial charge in [-0.15, -0.1) is 11.3 Å². The number of aromatic nitrogens is 1. The van der Waals surface area contributed by atoms with Gasteiger partial charge in [-0.2, -0.15) is 0 Å². The third-order valence-corrected chi connectivity index (χ3v) is 5.63. The fourth-order valence-electron chi connectivity index (χ4n) is 3.66. The molecule has 2 amide bonds. The minimum absolute atomic E-state index is 0.0512. The number of phenolic OH excluding ortho intramolecular Hbond substituents is 1. The van der Waals surface area contributed by atoms with E-state index in [2.05, 4.69) is 36.4 Å². The molecule has 1 heterocycles. The van der Waals surface area contributed by atoms with Gasteiger partial charge in [0.25, 0.3) is 0 Å². The zero-order valence-corrected chi connectivity index (χ0v) is 18.8. The van der Waals surface area contributed by atoms with E-state index < -0.39 is 0 Å². The van der Waals surface area contributed by atoms with Gasteiger partial charge in [0.1, 0.15) is 10.8 Å². The number of hydrogen-bond acceptors (Lipinski definition) is 4. The molecule has 0 aliphatic rings. The number of fused-ring (bicyclic) bond motifs is 1. The number of nitrogens with zero attached hydrogens (tertiary/aromatic N) is 1. The normalized spacial score (nSPS) is 12.2. The fraction of sp³-hybridized carbons (Fsp3) is 0.364. The lowest BCUT2D eigenvalue weighted by Gasteiger charge is -2.33. The van der Waals surface area contributed by atoms with Crippen LogP contribution in [0.2, 0.25) is 5.02 Å². The second-order valence-corrected chi connectivity index (χ2v) is 10.5. The molecule has 0 aliphatic heterocycles. The molecule has 29 heavy (non-hydrogen) atoms. The Bertz CT molecular complexity index is 1020. The van der Waals surface area contributed by atoms with Crippen molar-refractivity contribution in [2.45, 2.75) is 46.6 Å². The molecule has 0 bridgehead atoms. The summed E-state index contributed by atoms with van der Waals surface area (Å²) >= 11 is 7.69. The molecule has 1 aromatic heterocycles. The molecular weight excluding hydrogens is 406 g/mol. The van der Waals surface area contributed by atoms with Crippen molar-refractivity contribution < 1.29 is 9.90 Å². The van der Waals surface area contributed by atoms with E-state index in [4.69, 9.17) is 11.6 Å². The number of phenols is 1. The molecule has 3 aromatic rings. The Kier molecular flexibility index (Phi) is 5.79. The molecule has 3 N–H and O–H groups in total. The lowest BCUT2D eigenvalue weighted by atomic mass is 9.82. The molecule has 0 unspecified atom stereocenters. The molecule has 3 rings (SSSR count). The van der Waals surface area contributed by atoms with Crippen molar-refractivity contribution in [1.82, 2.24) is 10.3 Å². The Morgan fingerprint density at radius 2 is 1.86 bits per heavy atom. The average molecular weight is 432 g/mol. The largest absolute Gasteiger partial charge is 0.506 e. The first-order valence-electron chi connectivity index (χ1n) is 9.41. The van der Waals surface area contributed by atoms with Crippen LogP contribution in [0.15, 0.2) is 36.4 Å². The van der Waals surface area contributed by atoms with E-state index in [-0.39, 0.29) is 27.8 Å². The standard InChI is InChI=1S/C22H26ClN3O2S/c1-21(2,3)12-22(4,5)26-20(28)24-13-10-14(18(27)15(23)11-13)19-25-16-8-6-7-9-17(16)29-19/h6-11,27H,12H2,1-5H3,(H2,24,26,28). The van der Waals surface area contributed by atoms with Crippen LogP contribution < -0.4 is 10.6 Å². The van der Waals surface area contributed by atoms with Crippen LogP contribution in [-0.2, 0) is 0 Å². The number of thiazole rings is 1. The fourth-order valence-corrected chi connectivity index (χ4v) is 4.86. The number of carbonyl (C=O) groups excluding carboxylic acids is 1. The van der Waals surface area contributed by atoms with Crippen molar-refractivity contribution in [2.24, 2.45) is 5.41 Å². The molecule has 0 radical (unpaired) electrons. The number of para-hydroxylation sites is 1. The van der Waals surface area contributed by atoms with E-state index in [1.165, 1.54) is 17.4 Å². The van der Waals surface area contributed by atoms with E-state index in [9.17, 15) is 9.90 Å². The second-order valence-electron chi connectivity index (χ2n) is 9.04. The van der Waals surface area contributed by atoms with Crippen LogP contribution in [0.3, 0.4) is 0 Å². The van der Waals surface area contributed by atoms with Crippen LogP contribution in [0.4, 0.5) is 10.5 Å². The van der Waals surface area contributed by atoms with Gasteiger partial charge in [-0.1, -0.05) is 44.5 Å². The van der Waals surface area contributed by atoms with Gasteiger partial charge >= 0.3 is 6.03 Å². The summed E-state index contributed by atoms with van der Waals surface area (Å²) in [5.74, 6) is -0.0512. The molecule has 0 saturated heterocycles. The summed E-state index contributed by atoms with van der Waals surface area (Å²) < 4.78 is 1.01. The van der Waals surface area contributed by atoms with Gasteiger partial charge in [0, 0.05) is 11.2 Å². The second kappa shape index (κ2) is 7.84. The maximum Gasteiger partial charge on any atom is 0.319 e. The van der Waals surface area contributed by atoms with E-state index in [1.54, 1.807) is 6.07 Å². The van der Waals surface area contributed by atoms with Crippen LogP contribution in [-0.4, -0.2) is 21.7 Å². The molecule has 0 spiro atoms. The third-order valence-electron chi connectivity index (χ3n) is 4.27. The summed E-state index contributed by atoms with van der Waals surface area (Å²) in [6, 6.07) is 10.7. The predicted molar refractivity (Wildman–Crippen MR) is 122 cm³/mol. The summed E-state index contributed by atoms with van der Waals surface area (Å²) in [4.78, 5) is 17.1. The lowest BCUT2D eigenvalue weighted by Crippen LogP contribution is -2.47. The third kappa shape index (κ3) is 5.40. The number of nitrogens with one attached hydrogen (secondary N) is 2. The first-order valence-corrected chi connectivity index (χ1v) is 10.6. The summed E-state index contributed by atoms with van der Waals surface area (Å²) in [6.07, 6.45) is 0.820. The quantitative estimate of drug-likeness (QED) is 0.404. The summed E-state index contributed by atoms with van der Waals surface area (Å²) in [5, 5.41) is 17.1. The molecule has 154 valence electrons. The van der Waals surface area contributed by atoms with Gasteiger partial charge in [0.15, 0.2) is 0 Å². The van der Waals surface area contributed by atoms with Crippen LogP contribution >= 0.6 is 22.9 Å². The molecule has 7 heteroatoms. The van der Waals surface area contributed by atoms with Gasteiger partial charge < -0.3 is 15.7 Å². The number of aromatic hydroxyl groups is 1. The number of carbonyl (C=O) groups is 1. The van der Waals surface area contributed by atoms with Crippen molar-refractivity contribution in [3.05, 3.63) is 41.4 Å². The van der Waals surface area contributed by atoms with Crippen molar-refractivity contribution in [1.29, 1.82) is 0 Å². The van der Waals surface area contributed by atoms with Gasteiger partial charge in [0.05, 0.1) is 20.8 Å². The molecule has 0 fully saturated rings. The summed E-state index contributed by atoms with van der Waals surface area (Å²) in [5.41, 5.74) is 1.54. The van der Waals surface area contributed by atoms with E-state index in [0.717, 1.165) is 16.6 Å².